The fraction of sp³-hybridized carbons (Fsp3) is 0.941. The maximum absolute atomic E-state index is 12.8. The first-order chi connectivity index (χ1) is 12.0. The standard InChI is InChI=1S/C17H31NO8S/c1-15(2,3)26-14(19)18-11(9-22-16(18,4)5)13-12(10-23-27(8,20)21)24-17(6,7)25-13/h11-13H,9-10H2,1-8H3/t11-,12-,13-/m0/s1. The summed E-state index contributed by atoms with van der Waals surface area (Å²) in [6.45, 7) is 12.3. The molecule has 0 aromatic heterocycles. The summed E-state index contributed by atoms with van der Waals surface area (Å²) in [5, 5.41) is 0. The van der Waals surface area contributed by atoms with Crippen molar-refractivity contribution in [2.24, 2.45) is 0 Å². The number of amides is 1. The summed E-state index contributed by atoms with van der Waals surface area (Å²) in [5.41, 5.74) is -1.59. The predicted octanol–water partition coefficient (Wildman–Crippen LogP) is 1.85. The van der Waals surface area contributed by atoms with Crippen LogP contribution in [0.15, 0.2) is 0 Å². The molecule has 3 atom stereocenters. The van der Waals surface area contributed by atoms with Gasteiger partial charge in [-0.3, -0.25) is 9.08 Å². The molecule has 0 aromatic rings. The van der Waals surface area contributed by atoms with Crippen LogP contribution in [0.25, 0.3) is 0 Å². The summed E-state index contributed by atoms with van der Waals surface area (Å²) in [5.74, 6) is -0.956. The highest BCUT2D eigenvalue weighted by atomic mass is 32.2. The first kappa shape index (κ1) is 22.4. The Bertz CT molecular complexity index is 667. The molecule has 9 nitrogen and oxygen atoms in total. The number of hydrogen-bond acceptors (Lipinski definition) is 8. The van der Waals surface area contributed by atoms with E-state index >= 15 is 0 Å². The second kappa shape index (κ2) is 7.14. The zero-order valence-corrected chi connectivity index (χ0v) is 18.1. The topological polar surface area (TPSA) is 101 Å². The fourth-order valence-electron chi connectivity index (χ4n) is 3.25. The molecule has 2 aliphatic rings. The zero-order chi connectivity index (χ0) is 20.8. The van der Waals surface area contributed by atoms with E-state index in [0.29, 0.717) is 0 Å². The molecular weight excluding hydrogens is 378 g/mol. The van der Waals surface area contributed by atoms with Crippen molar-refractivity contribution in [2.45, 2.75) is 83.8 Å². The molecule has 27 heavy (non-hydrogen) atoms. The second-order valence-electron chi connectivity index (χ2n) is 8.80. The van der Waals surface area contributed by atoms with Gasteiger partial charge in [0, 0.05) is 0 Å². The van der Waals surface area contributed by atoms with Gasteiger partial charge in [-0.1, -0.05) is 0 Å². The smallest absolute Gasteiger partial charge is 0.412 e. The Hall–Kier alpha value is -0.940. The Morgan fingerprint density at radius 3 is 2.30 bits per heavy atom. The molecule has 0 aliphatic carbocycles. The minimum Gasteiger partial charge on any atom is -0.444 e. The molecule has 2 saturated heterocycles. The van der Waals surface area contributed by atoms with Gasteiger partial charge in [0.2, 0.25) is 0 Å². The molecule has 0 radical (unpaired) electrons. The molecule has 10 heteroatoms. The van der Waals surface area contributed by atoms with E-state index in [0.717, 1.165) is 6.26 Å². The molecule has 158 valence electrons. The van der Waals surface area contributed by atoms with Gasteiger partial charge in [-0.05, 0) is 48.5 Å². The molecular formula is C17H31NO8S. The van der Waals surface area contributed by atoms with Gasteiger partial charge in [0.1, 0.15) is 23.5 Å². The summed E-state index contributed by atoms with van der Waals surface area (Å²) in [7, 11) is -3.64. The lowest BCUT2D eigenvalue weighted by Gasteiger charge is -2.37. The summed E-state index contributed by atoms with van der Waals surface area (Å²) in [4.78, 5) is 14.3. The van der Waals surface area contributed by atoms with Gasteiger partial charge >= 0.3 is 6.09 Å². The van der Waals surface area contributed by atoms with Crippen LogP contribution in [0.4, 0.5) is 4.79 Å². The van der Waals surface area contributed by atoms with Crippen LogP contribution in [0, 0.1) is 0 Å². The van der Waals surface area contributed by atoms with Gasteiger partial charge in [0.05, 0.1) is 25.5 Å². The molecule has 2 heterocycles. The average Bonchev–Trinajstić information content (AvgIpc) is 2.89. The molecule has 0 aromatic carbocycles. The van der Waals surface area contributed by atoms with E-state index in [1.165, 1.54) is 4.90 Å². The third-order valence-electron chi connectivity index (χ3n) is 4.16. The van der Waals surface area contributed by atoms with Crippen LogP contribution in [0.5, 0.6) is 0 Å². The number of ether oxygens (including phenoxy) is 4. The van der Waals surface area contributed by atoms with Crippen molar-refractivity contribution in [3.63, 3.8) is 0 Å². The molecule has 2 aliphatic heterocycles. The Labute approximate surface area is 161 Å². The fourth-order valence-corrected chi connectivity index (χ4v) is 3.63. The van der Waals surface area contributed by atoms with E-state index in [1.54, 1.807) is 48.5 Å². The van der Waals surface area contributed by atoms with E-state index in [-0.39, 0.29) is 13.2 Å². The van der Waals surface area contributed by atoms with Gasteiger partial charge in [-0.15, -0.1) is 0 Å². The summed E-state index contributed by atoms with van der Waals surface area (Å²) in [6.07, 6.45) is -0.901. The number of carbonyl (C=O) groups is 1. The van der Waals surface area contributed by atoms with Crippen molar-refractivity contribution < 1.29 is 36.3 Å². The zero-order valence-electron chi connectivity index (χ0n) is 17.3. The minimum absolute atomic E-state index is 0.200. The predicted molar refractivity (Wildman–Crippen MR) is 96.5 cm³/mol. The van der Waals surface area contributed by atoms with Crippen molar-refractivity contribution >= 4 is 16.2 Å². The van der Waals surface area contributed by atoms with Crippen molar-refractivity contribution in [2.75, 3.05) is 19.5 Å². The van der Waals surface area contributed by atoms with Gasteiger partial charge in [-0.25, -0.2) is 4.79 Å². The molecule has 2 fully saturated rings. The molecule has 0 unspecified atom stereocenters. The Morgan fingerprint density at radius 2 is 1.78 bits per heavy atom. The highest BCUT2D eigenvalue weighted by Crippen LogP contribution is 2.38. The van der Waals surface area contributed by atoms with Gasteiger partial charge < -0.3 is 18.9 Å². The molecule has 0 spiro atoms. The van der Waals surface area contributed by atoms with Crippen molar-refractivity contribution in [3.05, 3.63) is 0 Å². The van der Waals surface area contributed by atoms with Gasteiger partial charge in [0.15, 0.2) is 5.79 Å². The lowest BCUT2D eigenvalue weighted by Crippen LogP contribution is -2.55. The normalized spacial score (nSPS) is 30.5. The van der Waals surface area contributed by atoms with Gasteiger partial charge in [-0.2, -0.15) is 8.42 Å². The van der Waals surface area contributed by atoms with E-state index in [1.807, 2.05) is 0 Å². The Kier molecular flexibility index (Phi) is 5.91. The van der Waals surface area contributed by atoms with E-state index in [4.69, 9.17) is 23.1 Å². The average molecular weight is 410 g/mol. The van der Waals surface area contributed by atoms with Crippen LogP contribution < -0.4 is 0 Å². The van der Waals surface area contributed by atoms with Crippen LogP contribution in [0.1, 0.15) is 48.5 Å². The van der Waals surface area contributed by atoms with Crippen molar-refractivity contribution in [3.8, 4) is 0 Å². The van der Waals surface area contributed by atoms with Crippen LogP contribution in [0.3, 0.4) is 0 Å². The third-order valence-corrected chi connectivity index (χ3v) is 4.72. The Balaban J connectivity index is 2.26. The van der Waals surface area contributed by atoms with E-state index in [2.05, 4.69) is 0 Å². The Morgan fingerprint density at radius 1 is 1.19 bits per heavy atom. The number of nitrogens with zero attached hydrogens (tertiary/aromatic N) is 1. The minimum atomic E-state index is -3.64. The molecule has 1 amide bonds. The third kappa shape index (κ3) is 5.77. The number of hydrogen-bond donors (Lipinski definition) is 0. The number of carbonyl (C=O) groups excluding carboxylic acids is 1. The highest BCUT2D eigenvalue weighted by molar-refractivity contribution is 7.85. The van der Waals surface area contributed by atoms with E-state index < -0.39 is 51.6 Å². The van der Waals surface area contributed by atoms with Crippen LogP contribution in [-0.4, -0.2) is 74.2 Å². The lowest BCUT2D eigenvalue weighted by atomic mass is 10.0. The lowest BCUT2D eigenvalue weighted by molar-refractivity contribution is -0.153. The summed E-state index contributed by atoms with van der Waals surface area (Å²) >= 11 is 0. The van der Waals surface area contributed by atoms with Crippen molar-refractivity contribution in [1.82, 2.24) is 4.90 Å². The quantitative estimate of drug-likeness (QED) is 0.649. The monoisotopic (exact) mass is 409 g/mol. The first-order valence-corrected chi connectivity index (χ1v) is 10.7. The number of rotatable bonds is 4. The summed E-state index contributed by atoms with van der Waals surface area (Å²) in [6, 6.07) is -0.523. The maximum Gasteiger partial charge on any atom is 0.412 e. The molecule has 0 saturated carbocycles. The molecule has 0 bridgehead atoms. The first-order valence-electron chi connectivity index (χ1n) is 8.87. The summed E-state index contributed by atoms with van der Waals surface area (Å²) < 4.78 is 50.8. The van der Waals surface area contributed by atoms with E-state index in [9.17, 15) is 13.2 Å². The highest BCUT2D eigenvalue weighted by Gasteiger charge is 2.55. The van der Waals surface area contributed by atoms with Crippen LogP contribution in [-0.2, 0) is 33.2 Å². The van der Waals surface area contributed by atoms with Crippen LogP contribution in [0.2, 0.25) is 0 Å². The molecule has 2 rings (SSSR count). The van der Waals surface area contributed by atoms with Gasteiger partial charge in [0.25, 0.3) is 10.1 Å². The van der Waals surface area contributed by atoms with Crippen molar-refractivity contribution in [1.29, 1.82) is 0 Å². The second-order valence-corrected chi connectivity index (χ2v) is 10.4. The van der Waals surface area contributed by atoms with Crippen LogP contribution >= 0.6 is 0 Å². The maximum atomic E-state index is 12.8. The largest absolute Gasteiger partial charge is 0.444 e. The SMILES string of the molecule is CC(C)(C)OC(=O)N1[C@H]([C@@H]2OC(C)(C)O[C@H]2COS(C)(=O)=O)COC1(C)C. The molecule has 0 N–H and O–H groups in total.